The van der Waals surface area contributed by atoms with E-state index in [4.69, 9.17) is 4.84 Å². The van der Waals surface area contributed by atoms with Gasteiger partial charge in [0.2, 0.25) is 0 Å². The third-order valence-electron chi connectivity index (χ3n) is 6.25. The number of allylic oxidation sites excluding steroid dienone is 1. The lowest BCUT2D eigenvalue weighted by atomic mass is 10.2. The van der Waals surface area contributed by atoms with Crippen molar-refractivity contribution in [2.24, 2.45) is 7.05 Å². The monoisotopic (exact) mass is 522 g/mol. The number of hydroxylamine groups is 1. The van der Waals surface area contributed by atoms with Gasteiger partial charge in [0.05, 0.1) is 6.54 Å². The van der Waals surface area contributed by atoms with Crippen LogP contribution in [0.5, 0.6) is 0 Å². The van der Waals surface area contributed by atoms with Gasteiger partial charge in [-0.15, -0.1) is 5.06 Å². The van der Waals surface area contributed by atoms with Gasteiger partial charge in [0.15, 0.2) is 17.8 Å². The molecule has 0 aliphatic carbocycles. The number of alkyl halides is 3. The first-order chi connectivity index (χ1) is 17.5. The zero-order chi connectivity index (χ0) is 26.9. The minimum Gasteiger partial charge on any atom is -0.327 e. The van der Waals surface area contributed by atoms with Gasteiger partial charge in [0, 0.05) is 39.8 Å². The molecule has 1 aromatic heterocycles. The molecule has 1 saturated heterocycles. The largest absolute Gasteiger partial charge is 0.493 e. The number of hydrogen-bond donors (Lipinski definition) is 1. The van der Waals surface area contributed by atoms with Crippen LogP contribution in [0, 0.1) is 0 Å². The highest BCUT2D eigenvalue weighted by atomic mass is 19.4. The predicted molar refractivity (Wildman–Crippen MR) is 131 cm³/mol. The summed E-state index contributed by atoms with van der Waals surface area (Å²) in [7, 11) is 1.34. The van der Waals surface area contributed by atoms with E-state index < -0.39 is 29.7 Å². The Morgan fingerprint density at radius 3 is 2.38 bits per heavy atom. The maximum absolute atomic E-state index is 13.8. The molecule has 0 bridgehead atoms. The van der Waals surface area contributed by atoms with Gasteiger partial charge in [-0.25, -0.2) is 9.59 Å². The van der Waals surface area contributed by atoms with Crippen LogP contribution in [-0.2, 0) is 23.2 Å². The molecular weight excluding hydrogens is 493 g/mol. The number of aromatic nitrogens is 2. The predicted octanol–water partition coefficient (Wildman–Crippen LogP) is 1.40. The summed E-state index contributed by atoms with van der Waals surface area (Å²) in [5.74, 6) is -2.65. The first-order valence-electron chi connectivity index (χ1n) is 11.8. The summed E-state index contributed by atoms with van der Waals surface area (Å²) in [6.45, 7) is 5.73. The first kappa shape index (κ1) is 26.5. The second kappa shape index (κ2) is 10.4. The van der Waals surface area contributed by atoms with Crippen LogP contribution in [0.4, 0.5) is 24.7 Å². The van der Waals surface area contributed by atoms with Gasteiger partial charge < -0.3 is 15.1 Å². The molecule has 4 rings (SSSR count). The van der Waals surface area contributed by atoms with Crippen LogP contribution >= 0.6 is 0 Å². The van der Waals surface area contributed by atoms with E-state index in [0.717, 1.165) is 19.8 Å². The fourth-order valence-corrected chi connectivity index (χ4v) is 4.46. The highest BCUT2D eigenvalue weighted by Gasteiger charge is 2.50. The summed E-state index contributed by atoms with van der Waals surface area (Å²) >= 11 is 0. The molecule has 1 atom stereocenters. The van der Waals surface area contributed by atoms with Crippen LogP contribution in [-0.4, -0.2) is 65.2 Å². The van der Waals surface area contributed by atoms with Crippen molar-refractivity contribution in [2.45, 2.75) is 32.9 Å². The fourth-order valence-electron chi connectivity index (χ4n) is 4.46. The lowest BCUT2D eigenvalue weighted by Gasteiger charge is -2.40. The average Bonchev–Trinajstić information content (AvgIpc) is 3.18. The second-order valence-corrected chi connectivity index (χ2v) is 9.16. The van der Waals surface area contributed by atoms with E-state index in [9.17, 15) is 27.6 Å². The van der Waals surface area contributed by atoms with Crippen molar-refractivity contribution in [1.29, 1.82) is 0 Å². The van der Waals surface area contributed by atoms with Crippen LogP contribution < -0.4 is 26.5 Å². The summed E-state index contributed by atoms with van der Waals surface area (Å²) in [5.41, 5.74) is 0.169. The SMILES string of the molecule is CC(C)=CCN1c2c(n(C)c(=O)n(Cc3ccccc3)c2=O)N(OC(=O)C(F)(F)F)C1N1CCNCC1. The molecule has 3 heterocycles. The third-order valence-corrected chi connectivity index (χ3v) is 6.25. The Bertz CT molecular complexity index is 1290. The number of carbonyl (C=O) groups excluding carboxylic acids is 1. The van der Waals surface area contributed by atoms with Gasteiger partial charge in [0.25, 0.3) is 5.56 Å². The van der Waals surface area contributed by atoms with Crippen molar-refractivity contribution in [2.75, 3.05) is 42.7 Å². The van der Waals surface area contributed by atoms with E-state index in [0.29, 0.717) is 31.7 Å². The molecule has 0 saturated carbocycles. The summed E-state index contributed by atoms with van der Waals surface area (Å²) in [5, 5.41) is 3.93. The van der Waals surface area contributed by atoms with Crippen molar-refractivity contribution < 1.29 is 22.8 Å². The first-order valence-corrected chi connectivity index (χ1v) is 11.8. The molecule has 1 unspecified atom stereocenters. The number of carbonyl (C=O) groups is 1. The molecule has 2 aliphatic rings. The van der Waals surface area contributed by atoms with Gasteiger partial charge in [-0.1, -0.05) is 42.0 Å². The quantitative estimate of drug-likeness (QED) is 0.570. The second-order valence-electron chi connectivity index (χ2n) is 9.16. The van der Waals surface area contributed by atoms with Crippen molar-refractivity contribution in [3.63, 3.8) is 0 Å². The van der Waals surface area contributed by atoms with Crippen molar-refractivity contribution in [1.82, 2.24) is 19.4 Å². The molecule has 1 aromatic carbocycles. The van der Waals surface area contributed by atoms with Crippen molar-refractivity contribution in [3.05, 3.63) is 68.4 Å². The van der Waals surface area contributed by atoms with Gasteiger partial charge in [0.1, 0.15) is 0 Å². The summed E-state index contributed by atoms with van der Waals surface area (Å²) in [6.07, 6.45) is -4.52. The van der Waals surface area contributed by atoms with Gasteiger partial charge in [-0.3, -0.25) is 18.8 Å². The molecule has 0 amide bonds. The molecule has 10 nitrogen and oxygen atoms in total. The lowest BCUT2D eigenvalue weighted by Crippen LogP contribution is -2.61. The lowest BCUT2D eigenvalue weighted by molar-refractivity contribution is -0.203. The molecule has 1 fully saturated rings. The summed E-state index contributed by atoms with van der Waals surface area (Å²) in [4.78, 5) is 47.4. The van der Waals surface area contributed by atoms with Crippen LogP contribution in [0.25, 0.3) is 0 Å². The molecule has 0 spiro atoms. The molecule has 2 aliphatic heterocycles. The van der Waals surface area contributed by atoms with Crippen LogP contribution in [0.1, 0.15) is 19.4 Å². The Balaban J connectivity index is 1.92. The number of hydrogen-bond acceptors (Lipinski definition) is 8. The number of piperazine rings is 1. The third kappa shape index (κ3) is 5.27. The maximum atomic E-state index is 13.8. The van der Waals surface area contributed by atoms with E-state index in [1.807, 2.05) is 24.8 Å². The molecule has 2 aromatic rings. The molecule has 13 heteroatoms. The number of nitrogens with zero attached hydrogens (tertiary/aromatic N) is 5. The standard InChI is InChI=1S/C24H29F3N6O4/c1-16(2)9-12-31-18-19(29(3)23(36)32(20(18)34)15-17-7-5-4-6-8-17)33(37-21(35)24(25,26)27)22(31)30-13-10-28-11-14-30/h4-9,22,28H,10-15H2,1-3H3. The van der Waals surface area contributed by atoms with E-state index in [-0.39, 0.29) is 24.6 Å². The Morgan fingerprint density at radius 2 is 1.78 bits per heavy atom. The van der Waals surface area contributed by atoms with E-state index >= 15 is 0 Å². The van der Waals surface area contributed by atoms with Gasteiger partial charge >= 0.3 is 17.8 Å². The molecule has 0 radical (unpaired) electrons. The minimum atomic E-state index is -5.28. The maximum Gasteiger partial charge on any atom is 0.493 e. The van der Waals surface area contributed by atoms with Crippen LogP contribution in [0.15, 0.2) is 51.6 Å². The zero-order valence-corrected chi connectivity index (χ0v) is 20.8. The number of fused-ring (bicyclic) bond motifs is 1. The Hall–Kier alpha value is -3.58. The molecular formula is C24H29F3N6O4. The fraction of sp³-hybridized carbons (Fsp3) is 0.458. The van der Waals surface area contributed by atoms with Crippen LogP contribution in [0.2, 0.25) is 0 Å². The van der Waals surface area contributed by atoms with E-state index in [2.05, 4.69) is 5.32 Å². The van der Waals surface area contributed by atoms with Gasteiger partial charge in [-0.05, 0) is 19.4 Å². The van der Waals surface area contributed by atoms with Crippen LogP contribution in [0.3, 0.4) is 0 Å². The Morgan fingerprint density at radius 1 is 1.14 bits per heavy atom. The summed E-state index contributed by atoms with van der Waals surface area (Å²) in [6, 6.07) is 8.89. The van der Waals surface area contributed by atoms with Gasteiger partial charge in [-0.2, -0.15) is 13.2 Å². The molecule has 1 N–H and O–H groups in total. The summed E-state index contributed by atoms with van der Waals surface area (Å²) < 4.78 is 41.9. The Labute approximate surface area is 211 Å². The number of rotatable bonds is 6. The van der Waals surface area contributed by atoms with E-state index in [1.165, 1.54) is 7.05 Å². The topological polar surface area (TPSA) is 92.0 Å². The molecule has 200 valence electrons. The normalized spacial score (nSPS) is 18.1. The average molecular weight is 523 g/mol. The smallest absolute Gasteiger partial charge is 0.327 e. The highest BCUT2D eigenvalue weighted by Crippen LogP contribution is 2.38. The van der Waals surface area contributed by atoms with E-state index in [1.54, 1.807) is 35.2 Å². The Kier molecular flexibility index (Phi) is 7.46. The number of anilines is 2. The highest BCUT2D eigenvalue weighted by molar-refractivity contribution is 5.80. The molecule has 37 heavy (non-hydrogen) atoms. The number of halogens is 3. The van der Waals surface area contributed by atoms with Crippen molar-refractivity contribution in [3.8, 4) is 0 Å². The minimum absolute atomic E-state index is 0.0194. The van der Waals surface area contributed by atoms with Crippen molar-refractivity contribution >= 4 is 17.5 Å². The zero-order valence-electron chi connectivity index (χ0n) is 20.8. The number of nitrogens with one attached hydrogen (secondary N) is 1. The number of benzene rings is 1.